The molecule has 1 fully saturated rings. The molecule has 0 bridgehead atoms. The minimum Gasteiger partial charge on any atom is -0.508 e. The summed E-state index contributed by atoms with van der Waals surface area (Å²) in [6.45, 7) is 9.91. The summed E-state index contributed by atoms with van der Waals surface area (Å²) in [5.74, 6) is 3.02. The molecule has 0 aliphatic carbocycles. The van der Waals surface area contributed by atoms with Crippen molar-refractivity contribution in [1.29, 1.82) is 0 Å². The molecule has 3 aromatic rings. The molecular formula is C30H39NO4. The zero-order valence-electron chi connectivity index (χ0n) is 21.1. The number of para-hydroxylation sites is 2. The van der Waals surface area contributed by atoms with Gasteiger partial charge in [0.25, 0.3) is 0 Å². The maximum Gasteiger partial charge on any atom is 0.123 e. The molecule has 2 N–H and O–H groups in total. The maximum atomic E-state index is 9.32. The van der Waals surface area contributed by atoms with E-state index in [4.69, 9.17) is 14.6 Å². The van der Waals surface area contributed by atoms with Gasteiger partial charge in [0.05, 0.1) is 6.10 Å². The van der Waals surface area contributed by atoms with Gasteiger partial charge < -0.3 is 19.7 Å². The highest BCUT2D eigenvalue weighted by Gasteiger charge is 2.22. The zero-order chi connectivity index (χ0) is 25.0. The number of phenols is 2. The van der Waals surface area contributed by atoms with Crippen LogP contribution < -0.4 is 9.47 Å². The van der Waals surface area contributed by atoms with Crippen molar-refractivity contribution in [3.8, 4) is 23.0 Å². The zero-order valence-corrected chi connectivity index (χ0v) is 21.1. The second-order valence-corrected chi connectivity index (χ2v) is 9.37. The standard InChI is InChI=1S/C13H19NO.C11H14O2.C6H6O/c1-12(11-14-9-5-6-10-14)15-13-7-3-2-4-8-13;1-7-5-8(2)13-11-4-3-9(12)6-10(7)11;7-6-4-2-1-3-5-6/h2-4,7-8,12H,5-6,9-11H2,1H3;3-4,6-8,12H,5H2,1-2H3;1-5,7H/t12-;7-,8?;/m10./s1. The van der Waals surface area contributed by atoms with Crippen LogP contribution in [0.25, 0.3) is 0 Å². The first-order chi connectivity index (χ1) is 16.9. The predicted octanol–water partition coefficient (Wildman–Crippen LogP) is 6.61. The third kappa shape index (κ3) is 9.18. The molecule has 188 valence electrons. The average Bonchev–Trinajstić information content (AvgIpc) is 3.34. The Labute approximate surface area is 210 Å². The van der Waals surface area contributed by atoms with E-state index in [-0.39, 0.29) is 12.2 Å². The van der Waals surface area contributed by atoms with Gasteiger partial charge in [0, 0.05) is 12.1 Å². The number of likely N-dealkylation sites (tertiary alicyclic amines) is 1. The van der Waals surface area contributed by atoms with E-state index in [1.807, 2.05) is 42.5 Å². The number of fused-ring (bicyclic) bond motifs is 1. The smallest absolute Gasteiger partial charge is 0.123 e. The molecule has 2 aliphatic heterocycles. The lowest BCUT2D eigenvalue weighted by atomic mass is 9.92. The number of benzene rings is 3. The lowest BCUT2D eigenvalue weighted by molar-refractivity contribution is 0.162. The van der Waals surface area contributed by atoms with Crippen LogP contribution in [0.15, 0.2) is 78.9 Å². The van der Waals surface area contributed by atoms with Crippen LogP contribution in [0.2, 0.25) is 0 Å². The van der Waals surface area contributed by atoms with Crippen LogP contribution in [0.5, 0.6) is 23.0 Å². The van der Waals surface area contributed by atoms with Crippen molar-refractivity contribution in [2.75, 3.05) is 19.6 Å². The van der Waals surface area contributed by atoms with E-state index in [0.717, 1.165) is 30.0 Å². The summed E-state index contributed by atoms with van der Waals surface area (Å²) in [5, 5.41) is 17.9. The van der Waals surface area contributed by atoms with E-state index >= 15 is 0 Å². The summed E-state index contributed by atoms with van der Waals surface area (Å²) < 4.78 is 11.5. The molecule has 1 unspecified atom stereocenters. The minimum absolute atomic E-state index is 0.283. The fourth-order valence-electron chi connectivity index (χ4n) is 4.44. The largest absolute Gasteiger partial charge is 0.508 e. The molecule has 0 saturated carbocycles. The number of phenolic OH excluding ortho intramolecular Hbond substituents is 2. The molecule has 5 nitrogen and oxygen atoms in total. The first kappa shape index (κ1) is 26.4. The predicted molar refractivity (Wildman–Crippen MR) is 142 cm³/mol. The minimum atomic E-state index is 0.283. The molecule has 0 aromatic heterocycles. The molecule has 35 heavy (non-hydrogen) atoms. The van der Waals surface area contributed by atoms with Crippen LogP contribution in [0, 0.1) is 0 Å². The quantitative estimate of drug-likeness (QED) is 0.443. The molecule has 3 aromatic carbocycles. The normalized spacial score (nSPS) is 19.6. The van der Waals surface area contributed by atoms with Gasteiger partial charge in [-0.1, -0.05) is 43.3 Å². The monoisotopic (exact) mass is 477 g/mol. The number of hydrogen-bond acceptors (Lipinski definition) is 5. The van der Waals surface area contributed by atoms with Gasteiger partial charge >= 0.3 is 0 Å². The van der Waals surface area contributed by atoms with Crippen LogP contribution in [-0.4, -0.2) is 47.0 Å². The topological polar surface area (TPSA) is 62.2 Å². The summed E-state index contributed by atoms with van der Waals surface area (Å²) in [6, 6.07) is 24.1. The Balaban J connectivity index is 0.000000156. The van der Waals surface area contributed by atoms with Gasteiger partial charge in [-0.25, -0.2) is 0 Å². The first-order valence-electron chi connectivity index (χ1n) is 12.6. The Hall–Kier alpha value is -3.18. The van der Waals surface area contributed by atoms with Gasteiger partial charge in [0.2, 0.25) is 0 Å². The Kier molecular flexibility index (Phi) is 10.3. The summed E-state index contributed by atoms with van der Waals surface area (Å²) in [7, 11) is 0. The molecule has 3 atom stereocenters. The lowest BCUT2D eigenvalue weighted by Gasteiger charge is -2.28. The third-order valence-electron chi connectivity index (χ3n) is 6.09. The number of hydrogen-bond donors (Lipinski definition) is 2. The summed E-state index contributed by atoms with van der Waals surface area (Å²) in [5.41, 5.74) is 1.12. The van der Waals surface area contributed by atoms with E-state index in [9.17, 15) is 5.11 Å². The first-order valence-corrected chi connectivity index (χ1v) is 12.6. The van der Waals surface area contributed by atoms with E-state index in [1.54, 1.807) is 36.4 Å². The maximum absolute atomic E-state index is 9.32. The van der Waals surface area contributed by atoms with Crippen LogP contribution in [0.1, 0.15) is 51.5 Å². The molecule has 2 heterocycles. The van der Waals surface area contributed by atoms with Crippen molar-refractivity contribution in [3.63, 3.8) is 0 Å². The van der Waals surface area contributed by atoms with Gasteiger partial charge in [-0.2, -0.15) is 0 Å². The second kappa shape index (κ2) is 13.6. The van der Waals surface area contributed by atoms with Crippen LogP contribution >= 0.6 is 0 Å². The van der Waals surface area contributed by atoms with Crippen LogP contribution in [0.3, 0.4) is 0 Å². The molecule has 1 saturated heterocycles. The van der Waals surface area contributed by atoms with Crippen LogP contribution in [-0.2, 0) is 0 Å². The van der Waals surface area contributed by atoms with Crippen LogP contribution in [0.4, 0.5) is 0 Å². The summed E-state index contributed by atoms with van der Waals surface area (Å²) in [4.78, 5) is 2.48. The van der Waals surface area contributed by atoms with Crippen molar-refractivity contribution >= 4 is 0 Å². The third-order valence-corrected chi connectivity index (χ3v) is 6.09. The molecule has 0 radical (unpaired) electrons. The Morgan fingerprint density at radius 1 is 0.886 bits per heavy atom. The van der Waals surface area contributed by atoms with Gasteiger partial charge in [-0.3, -0.25) is 4.90 Å². The number of ether oxygens (including phenoxy) is 2. The molecule has 5 heteroatoms. The number of rotatable bonds is 4. The fourth-order valence-corrected chi connectivity index (χ4v) is 4.44. The van der Waals surface area contributed by atoms with Gasteiger partial charge in [0.15, 0.2) is 0 Å². The Morgan fingerprint density at radius 2 is 1.51 bits per heavy atom. The van der Waals surface area contributed by atoms with Crippen molar-refractivity contribution in [2.24, 2.45) is 0 Å². The van der Waals surface area contributed by atoms with E-state index in [0.29, 0.717) is 17.4 Å². The number of nitrogens with zero attached hydrogens (tertiary/aromatic N) is 1. The number of aromatic hydroxyl groups is 2. The second-order valence-electron chi connectivity index (χ2n) is 9.37. The highest BCUT2D eigenvalue weighted by molar-refractivity contribution is 5.43. The fraction of sp³-hybridized carbons (Fsp3) is 0.400. The van der Waals surface area contributed by atoms with Gasteiger partial charge in [-0.05, 0) is 94.6 Å². The van der Waals surface area contributed by atoms with Gasteiger partial charge in [-0.15, -0.1) is 0 Å². The molecule has 5 rings (SSSR count). The highest BCUT2D eigenvalue weighted by atomic mass is 16.5. The average molecular weight is 478 g/mol. The Morgan fingerprint density at radius 3 is 2.11 bits per heavy atom. The summed E-state index contributed by atoms with van der Waals surface area (Å²) >= 11 is 0. The lowest BCUT2D eigenvalue weighted by Crippen LogP contribution is -2.31. The SMILES string of the molecule is CC1C[C@H](C)c2cc(O)ccc2O1.C[C@H](CN1CCCC1)Oc1ccccc1.Oc1ccccc1. The van der Waals surface area contributed by atoms with Crippen molar-refractivity contribution < 1.29 is 19.7 Å². The molecular weight excluding hydrogens is 438 g/mol. The van der Waals surface area contributed by atoms with Crippen molar-refractivity contribution in [3.05, 3.63) is 84.4 Å². The van der Waals surface area contributed by atoms with E-state index < -0.39 is 0 Å². The van der Waals surface area contributed by atoms with Gasteiger partial charge in [0.1, 0.15) is 29.1 Å². The van der Waals surface area contributed by atoms with Crippen molar-refractivity contribution in [2.45, 2.75) is 58.2 Å². The molecule has 2 aliphatic rings. The molecule has 0 spiro atoms. The highest BCUT2D eigenvalue weighted by Crippen LogP contribution is 2.37. The molecule has 0 amide bonds. The van der Waals surface area contributed by atoms with Crippen molar-refractivity contribution in [1.82, 2.24) is 4.90 Å². The van der Waals surface area contributed by atoms with E-state index in [2.05, 4.69) is 25.7 Å². The van der Waals surface area contributed by atoms with E-state index in [1.165, 1.54) is 25.9 Å². The summed E-state index contributed by atoms with van der Waals surface area (Å²) in [6.07, 6.45) is 4.28. The Bertz CT molecular complexity index is 990.